The molecule has 3 aromatic carbocycles. The van der Waals surface area contributed by atoms with Crippen LogP contribution in [0.5, 0.6) is 5.75 Å². The zero-order valence-electron chi connectivity index (χ0n) is 22.0. The van der Waals surface area contributed by atoms with Crippen molar-refractivity contribution in [3.63, 3.8) is 0 Å². The lowest BCUT2D eigenvalue weighted by atomic mass is 9.84. The first-order chi connectivity index (χ1) is 19.1. The minimum absolute atomic E-state index is 0.287. The predicted octanol–water partition coefficient (Wildman–Crippen LogP) is 6.04. The van der Waals surface area contributed by atoms with Gasteiger partial charge in [0.15, 0.2) is 0 Å². The second kappa shape index (κ2) is 13.0. The highest BCUT2D eigenvalue weighted by atomic mass is 19.4. The molecule has 0 heterocycles. The number of aliphatic hydroxyl groups is 1. The van der Waals surface area contributed by atoms with Crippen molar-refractivity contribution in [3.8, 4) is 16.9 Å². The van der Waals surface area contributed by atoms with Gasteiger partial charge in [-0.1, -0.05) is 62.4 Å². The van der Waals surface area contributed by atoms with E-state index < -0.39 is 29.7 Å². The first kappa shape index (κ1) is 29.1. The van der Waals surface area contributed by atoms with Crippen molar-refractivity contribution in [3.05, 3.63) is 89.5 Å². The van der Waals surface area contributed by atoms with Gasteiger partial charge < -0.3 is 20.9 Å². The van der Waals surface area contributed by atoms with Crippen LogP contribution in [0.2, 0.25) is 0 Å². The molecule has 4 rings (SSSR count). The number of rotatable bonds is 10. The van der Waals surface area contributed by atoms with E-state index in [1.165, 1.54) is 31.4 Å². The Hall–Kier alpha value is -3.85. The van der Waals surface area contributed by atoms with Crippen LogP contribution in [0.4, 0.5) is 13.2 Å². The van der Waals surface area contributed by atoms with Gasteiger partial charge in [-0.15, -0.1) is 0 Å². The lowest BCUT2D eigenvalue weighted by molar-refractivity contribution is -0.137. The Kier molecular flexibility index (Phi) is 9.47. The second-order valence-corrected chi connectivity index (χ2v) is 10.2. The number of alkyl halides is 3. The summed E-state index contributed by atoms with van der Waals surface area (Å²) in [6, 6.07) is 19.4. The van der Waals surface area contributed by atoms with E-state index >= 15 is 0 Å². The molecule has 0 aliphatic heterocycles. The molecular weight excluding hydrogens is 521 g/mol. The molecule has 4 N–H and O–H groups in total. The van der Waals surface area contributed by atoms with Gasteiger partial charge in [0, 0.05) is 5.56 Å². The number of amides is 2. The number of nitrogens with two attached hydrogens (primary N) is 1. The highest BCUT2D eigenvalue weighted by Crippen LogP contribution is 2.36. The number of carbonyl (C=O) groups is 2. The summed E-state index contributed by atoms with van der Waals surface area (Å²) in [7, 11) is 0. The van der Waals surface area contributed by atoms with Gasteiger partial charge in [0.1, 0.15) is 18.0 Å². The van der Waals surface area contributed by atoms with Crippen LogP contribution in [0.25, 0.3) is 11.1 Å². The van der Waals surface area contributed by atoms with Crippen LogP contribution < -0.4 is 15.8 Å². The van der Waals surface area contributed by atoms with E-state index in [-0.39, 0.29) is 12.6 Å². The Morgan fingerprint density at radius 3 is 2.25 bits per heavy atom. The third-order valence-electron chi connectivity index (χ3n) is 7.26. The highest BCUT2D eigenvalue weighted by molar-refractivity contribution is 5.94. The van der Waals surface area contributed by atoms with Crippen LogP contribution in [0.3, 0.4) is 0 Å². The Morgan fingerprint density at radius 2 is 1.62 bits per heavy atom. The third-order valence-corrected chi connectivity index (χ3v) is 7.26. The third kappa shape index (κ3) is 7.85. The summed E-state index contributed by atoms with van der Waals surface area (Å²) in [5, 5.41) is 12.0. The first-order valence-corrected chi connectivity index (χ1v) is 13.4. The molecule has 0 spiro atoms. The molecule has 0 saturated heterocycles. The molecular formula is C31H33F3N2O4. The van der Waals surface area contributed by atoms with Crippen LogP contribution in [0.1, 0.15) is 66.1 Å². The van der Waals surface area contributed by atoms with Crippen LogP contribution in [0, 0.1) is 5.92 Å². The molecule has 3 aromatic rings. The fourth-order valence-corrected chi connectivity index (χ4v) is 4.99. The summed E-state index contributed by atoms with van der Waals surface area (Å²) in [4.78, 5) is 23.3. The number of ether oxygens (including phenoxy) is 1. The Balaban J connectivity index is 1.52. The largest absolute Gasteiger partial charge is 0.486 e. The van der Waals surface area contributed by atoms with E-state index in [1.807, 2.05) is 24.3 Å². The minimum Gasteiger partial charge on any atom is -0.486 e. The average molecular weight is 555 g/mol. The molecule has 1 saturated carbocycles. The van der Waals surface area contributed by atoms with E-state index in [1.54, 1.807) is 24.3 Å². The number of benzene rings is 3. The summed E-state index contributed by atoms with van der Waals surface area (Å²) in [6.45, 7) is -0.287. The van der Waals surface area contributed by atoms with E-state index in [0.29, 0.717) is 22.8 Å². The summed E-state index contributed by atoms with van der Waals surface area (Å²) >= 11 is 0. The van der Waals surface area contributed by atoms with Gasteiger partial charge >= 0.3 is 6.18 Å². The van der Waals surface area contributed by atoms with Crippen molar-refractivity contribution in [1.82, 2.24) is 5.32 Å². The van der Waals surface area contributed by atoms with Crippen LogP contribution in [-0.4, -0.2) is 29.6 Å². The van der Waals surface area contributed by atoms with Crippen molar-refractivity contribution in [2.75, 3.05) is 6.54 Å². The van der Waals surface area contributed by atoms with Crippen molar-refractivity contribution >= 4 is 11.8 Å². The maximum absolute atomic E-state index is 13.0. The maximum atomic E-state index is 13.0. The molecule has 40 heavy (non-hydrogen) atoms. The summed E-state index contributed by atoms with van der Waals surface area (Å²) in [5.41, 5.74) is 7.06. The number of carbonyl (C=O) groups excluding carboxylic acids is 2. The molecule has 1 fully saturated rings. The molecule has 2 atom stereocenters. The SMILES string of the molecule is NC(=O)[C@@H](O)CNC(=O)c1ccc(O[C@H](CC2CCCCC2)c2cccc(-c3ccc(C(F)(F)F)cc3)c2)cc1. The van der Waals surface area contributed by atoms with Gasteiger partial charge in [-0.3, -0.25) is 9.59 Å². The van der Waals surface area contributed by atoms with E-state index in [2.05, 4.69) is 5.32 Å². The molecule has 212 valence electrons. The number of primary amides is 1. The molecule has 0 unspecified atom stereocenters. The maximum Gasteiger partial charge on any atom is 0.416 e. The normalized spacial score (nSPS) is 15.7. The number of halogens is 3. The van der Waals surface area contributed by atoms with Crippen LogP contribution in [0.15, 0.2) is 72.8 Å². The fourth-order valence-electron chi connectivity index (χ4n) is 4.99. The number of hydrogen-bond donors (Lipinski definition) is 3. The summed E-state index contributed by atoms with van der Waals surface area (Å²) in [6.07, 6.45) is 0.473. The molecule has 1 aliphatic rings. The van der Waals surface area contributed by atoms with Crippen molar-refractivity contribution < 1.29 is 32.6 Å². The number of nitrogens with one attached hydrogen (secondary N) is 1. The van der Waals surface area contributed by atoms with E-state index in [4.69, 9.17) is 10.5 Å². The smallest absolute Gasteiger partial charge is 0.416 e. The Labute approximate surface area is 231 Å². The van der Waals surface area contributed by atoms with Crippen molar-refractivity contribution in [1.29, 1.82) is 0 Å². The molecule has 1 aliphatic carbocycles. The Bertz CT molecular complexity index is 1290. The molecule has 0 aromatic heterocycles. The van der Waals surface area contributed by atoms with Gasteiger partial charge in [-0.25, -0.2) is 0 Å². The van der Waals surface area contributed by atoms with Crippen LogP contribution >= 0.6 is 0 Å². The lowest BCUT2D eigenvalue weighted by Gasteiger charge is -2.28. The average Bonchev–Trinajstić information content (AvgIpc) is 2.96. The summed E-state index contributed by atoms with van der Waals surface area (Å²) in [5.74, 6) is -0.324. The predicted molar refractivity (Wildman–Crippen MR) is 145 cm³/mol. The van der Waals surface area contributed by atoms with Crippen LogP contribution in [-0.2, 0) is 11.0 Å². The van der Waals surface area contributed by atoms with Gasteiger partial charge in [-0.05, 0) is 71.5 Å². The van der Waals surface area contributed by atoms with Crippen molar-refractivity contribution in [2.45, 2.75) is 56.9 Å². The molecule has 0 radical (unpaired) electrons. The number of aliphatic hydroxyl groups excluding tert-OH is 1. The second-order valence-electron chi connectivity index (χ2n) is 10.2. The first-order valence-electron chi connectivity index (χ1n) is 13.4. The molecule has 2 amide bonds. The Morgan fingerprint density at radius 1 is 0.950 bits per heavy atom. The van der Waals surface area contributed by atoms with Crippen molar-refractivity contribution in [2.24, 2.45) is 11.7 Å². The van der Waals surface area contributed by atoms with Gasteiger partial charge in [0.2, 0.25) is 5.91 Å². The topological polar surface area (TPSA) is 102 Å². The van der Waals surface area contributed by atoms with Gasteiger partial charge in [0.25, 0.3) is 5.91 Å². The minimum atomic E-state index is -4.39. The zero-order valence-corrected chi connectivity index (χ0v) is 22.0. The highest BCUT2D eigenvalue weighted by Gasteiger charge is 2.30. The fraction of sp³-hybridized carbons (Fsp3) is 0.355. The van der Waals surface area contributed by atoms with Gasteiger partial charge in [-0.2, -0.15) is 13.2 Å². The van der Waals surface area contributed by atoms with E-state index in [9.17, 15) is 27.9 Å². The quantitative estimate of drug-likeness (QED) is 0.284. The van der Waals surface area contributed by atoms with Gasteiger partial charge in [0.05, 0.1) is 12.1 Å². The summed E-state index contributed by atoms with van der Waals surface area (Å²) < 4.78 is 45.5. The van der Waals surface area contributed by atoms with E-state index in [0.717, 1.165) is 42.5 Å². The molecule has 9 heteroatoms. The molecule has 0 bridgehead atoms. The molecule has 6 nitrogen and oxygen atoms in total. The standard InChI is InChI=1S/C31H33F3N2O4/c32-31(33,34)25-13-9-21(10-14-25)23-7-4-8-24(18-23)28(17-20-5-2-1-3-6-20)40-26-15-11-22(12-16-26)30(39)36-19-27(37)29(35)38/h4,7-16,18,20,27-28,37H,1-3,5-6,17,19H2,(H2,35,38)(H,36,39)/t27-,28+/m0/s1. The lowest BCUT2D eigenvalue weighted by Crippen LogP contribution is -2.39. The monoisotopic (exact) mass is 554 g/mol. The zero-order chi connectivity index (χ0) is 28.7. The number of hydrogen-bond acceptors (Lipinski definition) is 4.